The predicted octanol–water partition coefficient (Wildman–Crippen LogP) is 1.33. The van der Waals surface area contributed by atoms with Gasteiger partial charge < -0.3 is 9.64 Å². The summed E-state index contributed by atoms with van der Waals surface area (Å²) in [5.41, 5.74) is 1.83. The van der Waals surface area contributed by atoms with E-state index in [1.807, 2.05) is 43.3 Å². The monoisotopic (exact) mass is 191 g/mol. The van der Waals surface area contributed by atoms with Crippen LogP contribution in [0.25, 0.3) is 0 Å². The van der Waals surface area contributed by atoms with E-state index in [-0.39, 0.29) is 11.9 Å². The van der Waals surface area contributed by atoms with Gasteiger partial charge in [-0.3, -0.25) is 4.79 Å². The fourth-order valence-electron chi connectivity index (χ4n) is 1.31. The van der Waals surface area contributed by atoms with Crippen LogP contribution in [-0.2, 0) is 4.74 Å². The number of ketones is 1. The van der Waals surface area contributed by atoms with Crippen molar-refractivity contribution < 1.29 is 9.53 Å². The first-order valence-corrected chi connectivity index (χ1v) is 4.61. The molecule has 1 aromatic carbocycles. The highest BCUT2D eigenvalue weighted by Gasteiger charge is 2.31. The molecule has 0 amide bonds. The van der Waals surface area contributed by atoms with Gasteiger partial charge in [0.15, 0.2) is 5.78 Å². The molecule has 0 bridgehead atoms. The van der Waals surface area contributed by atoms with Crippen LogP contribution in [0.15, 0.2) is 24.3 Å². The zero-order valence-corrected chi connectivity index (χ0v) is 8.36. The molecular formula is C11H13NO2. The number of ether oxygens (including phenoxy) is 1. The SMILES string of the molecule is CN(C)c1ccc(C(=O)C2CO2)cc1. The third kappa shape index (κ3) is 1.77. The number of nitrogens with zero attached hydrogens (tertiary/aromatic N) is 1. The van der Waals surface area contributed by atoms with Crippen molar-refractivity contribution in [1.29, 1.82) is 0 Å². The zero-order chi connectivity index (χ0) is 10.1. The molecule has 0 aromatic heterocycles. The summed E-state index contributed by atoms with van der Waals surface area (Å²) in [5.74, 6) is 0.0929. The van der Waals surface area contributed by atoms with Gasteiger partial charge in [-0.05, 0) is 24.3 Å². The number of carbonyl (C=O) groups excluding carboxylic acids is 1. The molecule has 1 atom stereocenters. The molecule has 1 heterocycles. The van der Waals surface area contributed by atoms with Crippen LogP contribution in [-0.4, -0.2) is 32.6 Å². The third-order valence-corrected chi connectivity index (χ3v) is 2.29. The quantitative estimate of drug-likeness (QED) is 0.534. The van der Waals surface area contributed by atoms with E-state index in [1.165, 1.54) is 0 Å². The Morgan fingerprint density at radius 3 is 2.36 bits per heavy atom. The molecule has 2 rings (SSSR count). The standard InChI is InChI=1S/C11H13NO2/c1-12(2)9-5-3-8(4-6-9)11(13)10-7-14-10/h3-6,10H,7H2,1-2H3. The van der Waals surface area contributed by atoms with Gasteiger partial charge >= 0.3 is 0 Å². The van der Waals surface area contributed by atoms with Gasteiger partial charge in [0, 0.05) is 25.3 Å². The highest BCUT2D eigenvalue weighted by molar-refractivity contribution is 6.01. The maximum atomic E-state index is 11.5. The average molecular weight is 191 g/mol. The summed E-state index contributed by atoms with van der Waals surface area (Å²) in [6.07, 6.45) is -0.180. The van der Waals surface area contributed by atoms with Crippen molar-refractivity contribution in [3.8, 4) is 0 Å². The first kappa shape index (κ1) is 9.21. The molecule has 3 heteroatoms. The Kier molecular flexibility index (Phi) is 2.25. The van der Waals surface area contributed by atoms with Gasteiger partial charge in [-0.15, -0.1) is 0 Å². The summed E-state index contributed by atoms with van der Waals surface area (Å²) < 4.78 is 4.94. The number of Topliss-reactive ketones (excluding diaryl/α,β-unsaturated/α-hetero) is 1. The molecule has 1 saturated heterocycles. The van der Waals surface area contributed by atoms with E-state index >= 15 is 0 Å². The Morgan fingerprint density at radius 2 is 1.93 bits per heavy atom. The van der Waals surface area contributed by atoms with Gasteiger partial charge in [-0.2, -0.15) is 0 Å². The third-order valence-electron chi connectivity index (χ3n) is 2.29. The lowest BCUT2D eigenvalue weighted by atomic mass is 10.1. The van der Waals surface area contributed by atoms with E-state index in [1.54, 1.807) is 0 Å². The lowest BCUT2D eigenvalue weighted by Gasteiger charge is -2.11. The summed E-state index contributed by atoms with van der Waals surface area (Å²) in [5, 5.41) is 0. The van der Waals surface area contributed by atoms with Gasteiger partial charge in [0.1, 0.15) is 6.10 Å². The summed E-state index contributed by atoms with van der Waals surface area (Å²) >= 11 is 0. The minimum absolute atomic E-state index is 0.0929. The molecule has 1 unspecified atom stereocenters. The molecule has 1 aliphatic rings. The molecule has 0 spiro atoms. The summed E-state index contributed by atoms with van der Waals surface area (Å²) in [4.78, 5) is 13.6. The topological polar surface area (TPSA) is 32.8 Å². The summed E-state index contributed by atoms with van der Waals surface area (Å²) in [7, 11) is 3.95. The molecular weight excluding hydrogens is 178 g/mol. The second-order valence-electron chi connectivity index (χ2n) is 3.63. The average Bonchev–Trinajstić information content (AvgIpc) is 3.00. The lowest BCUT2D eigenvalue weighted by molar-refractivity contribution is 0.0953. The lowest BCUT2D eigenvalue weighted by Crippen LogP contribution is -2.10. The number of carbonyl (C=O) groups is 1. The zero-order valence-electron chi connectivity index (χ0n) is 8.36. The van der Waals surface area contributed by atoms with Gasteiger partial charge in [0.05, 0.1) is 6.61 Å². The first-order valence-electron chi connectivity index (χ1n) is 4.61. The van der Waals surface area contributed by atoms with Gasteiger partial charge in [0.2, 0.25) is 0 Å². The summed E-state index contributed by atoms with van der Waals surface area (Å²) in [6.45, 7) is 0.578. The highest BCUT2D eigenvalue weighted by Crippen LogP contribution is 2.18. The number of benzene rings is 1. The van der Waals surface area contributed by atoms with Crippen LogP contribution in [0, 0.1) is 0 Å². The van der Waals surface area contributed by atoms with E-state index in [0.29, 0.717) is 6.61 Å². The van der Waals surface area contributed by atoms with Gasteiger partial charge in [-0.25, -0.2) is 0 Å². The number of rotatable bonds is 3. The Morgan fingerprint density at radius 1 is 1.36 bits per heavy atom. The van der Waals surface area contributed by atoms with Crippen molar-refractivity contribution in [2.75, 3.05) is 25.6 Å². The van der Waals surface area contributed by atoms with Gasteiger partial charge in [0.25, 0.3) is 0 Å². The molecule has 0 aliphatic carbocycles. The van der Waals surface area contributed by atoms with E-state index in [4.69, 9.17) is 4.74 Å². The molecule has 14 heavy (non-hydrogen) atoms. The van der Waals surface area contributed by atoms with Crippen LogP contribution in [0.5, 0.6) is 0 Å². The van der Waals surface area contributed by atoms with Crippen molar-refractivity contribution in [1.82, 2.24) is 0 Å². The Balaban J connectivity index is 2.16. The van der Waals surface area contributed by atoms with E-state index in [2.05, 4.69) is 0 Å². The van der Waals surface area contributed by atoms with Gasteiger partial charge in [-0.1, -0.05) is 0 Å². The maximum Gasteiger partial charge on any atom is 0.193 e. The fraction of sp³-hybridized carbons (Fsp3) is 0.364. The van der Waals surface area contributed by atoms with Crippen molar-refractivity contribution in [2.45, 2.75) is 6.10 Å². The molecule has 0 saturated carbocycles. The Labute approximate surface area is 83.3 Å². The highest BCUT2D eigenvalue weighted by atomic mass is 16.6. The van der Waals surface area contributed by atoms with Crippen molar-refractivity contribution in [3.05, 3.63) is 29.8 Å². The van der Waals surface area contributed by atoms with E-state index < -0.39 is 0 Å². The number of hydrogen-bond acceptors (Lipinski definition) is 3. The van der Waals surface area contributed by atoms with E-state index in [0.717, 1.165) is 11.3 Å². The molecule has 1 fully saturated rings. The van der Waals surface area contributed by atoms with Crippen molar-refractivity contribution >= 4 is 11.5 Å². The van der Waals surface area contributed by atoms with Crippen LogP contribution in [0.2, 0.25) is 0 Å². The molecule has 0 N–H and O–H groups in total. The summed E-state index contributed by atoms with van der Waals surface area (Å²) in [6, 6.07) is 7.57. The number of anilines is 1. The fourth-order valence-corrected chi connectivity index (χ4v) is 1.31. The molecule has 74 valence electrons. The van der Waals surface area contributed by atoms with Crippen LogP contribution < -0.4 is 4.90 Å². The van der Waals surface area contributed by atoms with Crippen LogP contribution >= 0.6 is 0 Å². The normalized spacial score (nSPS) is 19.1. The van der Waals surface area contributed by atoms with E-state index in [9.17, 15) is 4.79 Å². The first-order chi connectivity index (χ1) is 6.68. The molecule has 1 aliphatic heterocycles. The predicted molar refractivity (Wildman–Crippen MR) is 54.8 cm³/mol. The Bertz CT molecular complexity index is 339. The largest absolute Gasteiger partial charge is 0.378 e. The molecule has 1 aromatic rings. The molecule has 0 radical (unpaired) electrons. The minimum Gasteiger partial charge on any atom is -0.378 e. The smallest absolute Gasteiger partial charge is 0.193 e. The molecule has 3 nitrogen and oxygen atoms in total. The maximum absolute atomic E-state index is 11.5. The second-order valence-corrected chi connectivity index (χ2v) is 3.63. The van der Waals surface area contributed by atoms with Crippen LogP contribution in [0.1, 0.15) is 10.4 Å². The van der Waals surface area contributed by atoms with Crippen LogP contribution in [0.4, 0.5) is 5.69 Å². The number of epoxide rings is 1. The number of hydrogen-bond donors (Lipinski definition) is 0. The van der Waals surface area contributed by atoms with Crippen molar-refractivity contribution in [3.63, 3.8) is 0 Å². The van der Waals surface area contributed by atoms with Crippen molar-refractivity contribution in [2.24, 2.45) is 0 Å². The second kappa shape index (κ2) is 3.42. The van der Waals surface area contributed by atoms with Crippen LogP contribution in [0.3, 0.4) is 0 Å². The Hall–Kier alpha value is -1.35. The minimum atomic E-state index is -0.180.